The van der Waals surface area contributed by atoms with Crippen molar-refractivity contribution in [1.82, 2.24) is 10.6 Å². The Morgan fingerprint density at radius 1 is 0.923 bits per heavy atom. The molecule has 0 atom stereocenters. The molecule has 2 N–H and O–H groups in total. The molecule has 2 fully saturated rings. The van der Waals surface area contributed by atoms with Crippen LogP contribution in [0.4, 0.5) is 10.1 Å². The minimum atomic E-state index is -0.205. The molecule has 2 amide bonds. The number of carbonyl (C=O) groups is 2. The number of nitrogens with one attached hydrogen (secondary N) is 2. The van der Waals surface area contributed by atoms with Crippen molar-refractivity contribution in [1.29, 1.82) is 0 Å². The highest BCUT2D eigenvalue weighted by Gasteiger charge is 2.23. The molecule has 3 rings (SSSR count). The minimum absolute atomic E-state index is 0.0265. The van der Waals surface area contributed by atoms with Gasteiger partial charge in [0.15, 0.2) is 0 Å². The van der Waals surface area contributed by atoms with E-state index in [1.165, 1.54) is 18.9 Å². The predicted octanol–water partition coefficient (Wildman–Crippen LogP) is 2.75. The molecule has 0 unspecified atom stereocenters. The SMILES string of the molecule is O=C(CCC(=O)NC1CCN(c2ccccc2F)CC1)NC1CCCC1. The van der Waals surface area contributed by atoms with Gasteiger partial charge in [-0.1, -0.05) is 25.0 Å². The summed E-state index contributed by atoms with van der Waals surface area (Å²) in [7, 11) is 0. The fourth-order valence-electron chi connectivity index (χ4n) is 3.87. The van der Waals surface area contributed by atoms with E-state index in [2.05, 4.69) is 10.6 Å². The molecule has 0 aromatic heterocycles. The Hall–Kier alpha value is -2.11. The van der Waals surface area contributed by atoms with E-state index in [0.29, 0.717) is 24.8 Å². The highest BCUT2D eigenvalue weighted by atomic mass is 19.1. The van der Waals surface area contributed by atoms with Gasteiger partial charge < -0.3 is 15.5 Å². The van der Waals surface area contributed by atoms with E-state index in [1.807, 2.05) is 11.0 Å². The molecule has 1 heterocycles. The van der Waals surface area contributed by atoms with Gasteiger partial charge in [-0.25, -0.2) is 4.39 Å². The zero-order valence-corrected chi connectivity index (χ0v) is 15.2. The monoisotopic (exact) mass is 361 g/mol. The quantitative estimate of drug-likeness (QED) is 0.819. The molecular formula is C20H28FN3O2. The van der Waals surface area contributed by atoms with E-state index in [0.717, 1.165) is 25.7 Å². The second-order valence-corrected chi connectivity index (χ2v) is 7.33. The standard InChI is InChI=1S/C20H28FN3O2/c21-17-7-3-4-8-18(17)24-13-11-16(12-14-24)23-20(26)10-9-19(25)22-15-5-1-2-6-15/h3-4,7-8,15-16H,1-2,5-6,9-14H2,(H,22,25)(H,23,26). The lowest BCUT2D eigenvalue weighted by molar-refractivity contribution is -0.127. The first-order valence-corrected chi connectivity index (χ1v) is 9.70. The smallest absolute Gasteiger partial charge is 0.220 e. The maximum Gasteiger partial charge on any atom is 0.220 e. The fourth-order valence-corrected chi connectivity index (χ4v) is 3.87. The molecule has 142 valence electrons. The first-order chi connectivity index (χ1) is 12.6. The van der Waals surface area contributed by atoms with Gasteiger partial charge >= 0.3 is 0 Å². The number of para-hydroxylation sites is 1. The summed E-state index contributed by atoms with van der Waals surface area (Å²) in [5.74, 6) is -0.305. The fraction of sp³-hybridized carbons (Fsp3) is 0.600. The summed E-state index contributed by atoms with van der Waals surface area (Å²) in [4.78, 5) is 26.0. The van der Waals surface area contributed by atoms with Crippen LogP contribution in [0.1, 0.15) is 51.4 Å². The average molecular weight is 361 g/mol. The van der Waals surface area contributed by atoms with Crippen molar-refractivity contribution >= 4 is 17.5 Å². The van der Waals surface area contributed by atoms with Crippen molar-refractivity contribution in [3.05, 3.63) is 30.1 Å². The van der Waals surface area contributed by atoms with E-state index in [4.69, 9.17) is 0 Å². The number of halogens is 1. The Morgan fingerprint density at radius 3 is 2.04 bits per heavy atom. The number of benzene rings is 1. The highest BCUT2D eigenvalue weighted by molar-refractivity contribution is 5.84. The van der Waals surface area contributed by atoms with Crippen LogP contribution in [0.3, 0.4) is 0 Å². The molecule has 0 spiro atoms. The number of hydrogen-bond donors (Lipinski definition) is 2. The highest BCUT2D eigenvalue weighted by Crippen LogP contribution is 2.23. The van der Waals surface area contributed by atoms with Gasteiger partial charge in [0.1, 0.15) is 5.82 Å². The van der Waals surface area contributed by atoms with Crippen LogP contribution in [-0.4, -0.2) is 37.0 Å². The summed E-state index contributed by atoms with van der Waals surface area (Å²) < 4.78 is 13.9. The molecule has 1 aromatic rings. The molecular weight excluding hydrogens is 333 g/mol. The molecule has 26 heavy (non-hydrogen) atoms. The number of nitrogens with zero attached hydrogens (tertiary/aromatic N) is 1. The van der Waals surface area contributed by atoms with Gasteiger partial charge in [0.25, 0.3) is 0 Å². The average Bonchev–Trinajstić information content (AvgIpc) is 3.14. The molecule has 1 aliphatic carbocycles. The first kappa shape index (κ1) is 18.7. The van der Waals surface area contributed by atoms with Gasteiger partial charge in [0, 0.05) is 38.0 Å². The van der Waals surface area contributed by atoms with Crippen molar-refractivity contribution in [2.75, 3.05) is 18.0 Å². The van der Waals surface area contributed by atoms with Crippen LogP contribution in [-0.2, 0) is 9.59 Å². The third kappa shape index (κ3) is 5.19. The van der Waals surface area contributed by atoms with Crippen LogP contribution >= 0.6 is 0 Å². The Labute approximate surface area is 154 Å². The Kier molecular flexibility index (Phi) is 6.47. The summed E-state index contributed by atoms with van der Waals surface area (Å²) in [6.45, 7) is 1.43. The minimum Gasteiger partial charge on any atom is -0.369 e. The van der Waals surface area contributed by atoms with E-state index < -0.39 is 0 Å². The molecule has 1 saturated carbocycles. The lowest BCUT2D eigenvalue weighted by atomic mass is 10.0. The Bertz CT molecular complexity index is 623. The second-order valence-electron chi connectivity index (χ2n) is 7.33. The maximum atomic E-state index is 13.9. The summed E-state index contributed by atoms with van der Waals surface area (Å²) in [5, 5.41) is 6.02. The second kappa shape index (κ2) is 9.01. The number of anilines is 1. The van der Waals surface area contributed by atoms with Crippen molar-refractivity contribution in [3.8, 4) is 0 Å². The van der Waals surface area contributed by atoms with Crippen LogP contribution in [0.15, 0.2) is 24.3 Å². The third-order valence-corrected chi connectivity index (χ3v) is 5.35. The zero-order chi connectivity index (χ0) is 18.4. The predicted molar refractivity (Wildman–Crippen MR) is 99.4 cm³/mol. The van der Waals surface area contributed by atoms with Gasteiger partial charge in [-0.3, -0.25) is 9.59 Å². The number of rotatable bonds is 6. The van der Waals surface area contributed by atoms with Crippen molar-refractivity contribution in [2.45, 2.75) is 63.5 Å². The van der Waals surface area contributed by atoms with E-state index in [9.17, 15) is 14.0 Å². The van der Waals surface area contributed by atoms with Crippen LogP contribution < -0.4 is 15.5 Å². The van der Waals surface area contributed by atoms with Crippen molar-refractivity contribution in [2.24, 2.45) is 0 Å². The van der Waals surface area contributed by atoms with E-state index in [1.54, 1.807) is 12.1 Å². The molecule has 0 radical (unpaired) electrons. The molecule has 1 aliphatic heterocycles. The Balaban J connectivity index is 1.35. The number of carbonyl (C=O) groups excluding carboxylic acids is 2. The number of hydrogen-bond acceptors (Lipinski definition) is 3. The number of amides is 2. The van der Waals surface area contributed by atoms with Crippen LogP contribution in [0, 0.1) is 5.82 Å². The van der Waals surface area contributed by atoms with Crippen LogP contribution in [0.5, 0.6) is 0 Å². The first-order valence-electron chi connectivity index (χ1n) is 9.70. The summed E-state index contributed by atoms with van der Waals surface area (Å²) in [6, 6.07) is 7.19. The zero-order valence-electron chi connectivity index (χ0n) is 15.2. The van der Waals surface area contributed by atoms with Gasteiger partial charge in [-0.2, -0.15) is 0 Å². The van der Waals surface area contributed by atoms with Crippen LogP contribution in [0.2, 0.25) is 0 Å². The molecule has 0 bridgehead atoms. The lowest BCUT2D eigenvalue weighted by Crippen LogP contribution is -2.45. The molecule has 1 saturated heterocycles. The maximum absolute atomic E-state index is 13.9. The summed E-state index contributed by atoms with van der Waals surface area (Å²) in [5.41, 5.74) is 0.626. The van der Waals surface area contributed by atoms with Gasteiger partial charge in [0.2, 0.25) is 11.8 Å². The number of piperidine rings is 1. The molecule has 5 nitrogen and oxygen atoms in total. The topological polar surface area (TPSA) is 61.4 Å². The Morgan fingerprint density at radius 2 is 1.46 bits per heavy atom. The van der Waals surface area contributed by atoms with Crippen molar-refractivity contribution in [3.63, 3.8) is 0 Å². The van der Waals surface area contributed by atoms with Crippen LogP contribution in [0.25, 0.3) is 0 Å². The lowest BCUT2D eigenvalue weighted by Gasteiger charge is -2.34. The molecule has 2 aliphatic rings. The third-order valence-electron chi connectivity index (χ3n) is 5.35. The van der Waals surface area contributed by atoms with Gasteiger partial charge in [-0.05, 0) is 37.8 Å². The van der Waals surface area contributed by atoms with Crippen molar-refractivity contribution < 1.29 is 14.0 Å². The normalized spacial score (nSPS) is 18.7. The van der Waals surface area contributed by atoms with Gasteiger partial charge in [-0.15, -0.1) is 0 Å². The van der Waals surface area contributed by atoms with Gasteiger partial charge in [0.05, 0.1) is 5.69 Å². The summed E-state index contributed by atoms with van der Waals surface area (Å²) >= 11 is 0. The summed E-state index contributed by atoms with van der Waals surface area (Å²) in [6.07, 6.45) is 6.51. The van der Waals surface area contributed by atoms with E-state index >= 15 is 0 Å². The molecule has 1 aromatic carbocycles. The largest absolute Gasteiger partial charge is 0.369 e. The van der Waals surface area contributed by atoms with E-state index in [-0.39, 0.29) is 36.5 Å². The molecule has 6 heteroatoms.